The maximum Gasteiger partial charge on any atom is 0.584 e. The highest BCUT2D eigenvalue weighted by atomic mass is 32.2. The van der Waals surface area contributed by atoms with E-state index in [4.69, 9.17) is 13.8 Å². The molecule has 222 valence electrons. The molecule has 1 N–H and O–H groups in total. The van der Waals surface area contributed by atoms with Crippen molar-refractivity contribution in [3.05, 3.63) is 65.7 Å². The van der Waals surface area contributed by atoms with E-state index in [1.54, 1.807) is 42.1 Å². The lowest BCUT2D eigenvalue weighted by molar-refractivity contribution is 0.285. The lowest BCUT2D eigenvalue weighted by atomic mass is 10.0. The number of hydrogen-bond donors (Lipinski definition) is 1. The smallest absolute Gasteiger partial charge is 0.493 e. The first-order chi connectivity index (χ1) is 19.6. The van der Waals surface area contributed by atoms with Crippen LogP contribution in [0.2, 0.25) is 0 Å². The van der Waals surface area contributed by atoms with Gasteiger partial charge in [0.2, 0.25) is 0 Å². The van der Waals surface area contributed by atoms with E-state index in [0.717, 1.165) is 24.3 Å². The molecule has 0 saturated heterocycles. The minimum atomic E-state index is -4.39. The zero-order chi connectivity index (χ0) is 28.3. The van der Waals surface area contributed by atoms with E-state index in [9.17, 15) is 9.46 Å². The number of phosphoric ester groups is 1. The average molecular weight is 590 g/mol. The Morgan fingerprint density at radius 1 is 0.800 bits per heavy atom. The van der Waals surface area contributed by atoms with Gasteiger partial charge in [-0.1, -0.05) is 115 Å². The van der Waals surface area contributed by atoms with Crippen LogP contribution in [-0.4, -0.2) is 22.3 Å². The minimum Gasteiger partial charge on any atom is -0.493 e. The summed E-state index contributed by atoms with van der Waals surface area (Å²) in [5, 5.41) is 2.03. The number of unbranched alkanes of at least 4 members (excludes halogenated alkanes) is 13. The fourth-order valence-corrected chi connectivity index (χ4v) is 6.29. The van der Waals surface area contributed by atoms with Gasteiger partial charge in [-0.25, -0.2) is 4.57 Å². The van der Waals surface area contributed by atoms with Gasteiger partial charge in [0.15, 0.2) is 0 Å². The summed E-state index contributed by atoms with van der Waals surface area (Å²) in [4.78, 5) is 12.6. The fraction of sp³-hybridized carbons (Fsp3) is 0.562. The lowest BCUT2D eigenvalue weighted by Gasteiger charge is -2.19. The van der Waals surface area contributed by atoms with Crippen molar-refractivity contribution >= 4 is 19.6 Å². The van der Waals surface area contributed by atoms with Crippen LogP contribution >= 0.6 is 19.6 Å². The molecule has 1 unspecified atom stereocenters. The van der Waals surface area contributed by atoms with Gasteiger partial charge in [-0.2, -0.15) is 0 Å². The highest BCUT2D eigenvalue weighted by Crippen LogP contribution is 2.46. The van der Waals surface area contributed by atoms with Crippen LogP contribution in [-0.2, 0) is 11.1 Å². The summed E-state index contributed by atoms with van der Waals surface area (Å²) in [6, 6.07) is 14.1. The summed E-state index contributed by atoms with van der Waals surface area (Å²) in [7, 11) is -4.39. The van der Waals surface area contributed by atoms with Crippen LogP contribution in [0.25, 0.3) is 0 Å². The maximum atomic E-state index is 12.8. The summed E-state index contributed by atoms with van der Waals surface area (Å²) < 4.78 is 29.5. The Hall–Kier alpha value is -2.08. The van der Waals surface area contributed by atoms with E-state index in [2.05, 4.69) is 11.8 Å². The number of thioether (sulfide) groups is 1. The van der Waals surface area contributed by atoms with Crippen molar-refractivity contribution < 1.29 is 23.2 Å². The number of ether oxygens (including phenoxy) is 1. The van der Waals surface area contributed by atoms with E-state index in [1.807, 2.05) is 29.8 Å². The van der Waals surface area contributed by atoms with Gasteiger partial charge in [-0.15, -0.1) is 11.8 Å². The van der Waals surface area contributed by atoms with Crippen LogP contribution in [0.3, 0.4) is 0 Å². The zero-order valence-corrected chi connectivity index (χ0v) is 25.9. The van der Waals surface area contributed by atoms with E-state index < -0.39 is 7.82 Å². The second kappa shape index (κ2) is 19.1. The molecule has 2 aromatic carbocycles. The van der Waals surface area contributed by atoms with Crippen LogP contribution in [0.5, 0.6) is 17.2 Å². The molecule has 0 spiro atoms. The SMILES string of the molecule is CCCCCCCCCCCCCCCCOc1cccc(OP(=O)(O)Oc2ccccc2CN2C=CSC2)c1. The highest BCUT2D eigenvalue weighted by molar-refractivity contribution is 8.02. The predicted octanol–water partition coefficient (Wildman–Crippen LogP) is 10.1. The summed E-state index contributed by atoms with van der Waals surface area (Å²) in [6.45, 7) is 3.47. The van der Waals surface area contributed by atoms with Gasteiger partial charge < -0.3 is 18.7 Å². The second-order valence-corrected chi connectivity index (χ2v) is 12.7. The van der Waals surface area contributed by atoms with Crippen molar-refractivity contribution in [3.63, 3.8) is 0 Å². The summed E-state index contributed by atoms with van der Waals surface area (Å²) in [5.41, 5.74) is 0.817. The van der Waals surface area contributed by atoms with E-state index in [-0.39, 0.29) is 5.75 Å². The first-order valence-electron chi connectivity index (χ1n) is 15.1. The number of nitrogens with zero attached hydrogens (tertiary/aromatic N) is 1. The molecule has 1 aliphatic rings. The Morgan fingerprint density at radius 3 is 2.08 bits per heavy atom. The van der Waals surface area contributed by atoms with Crippen LogP contribution < -0.4 is 13.8 Å². The molecule has 0 radical (unpaired) electrons. The Bertz CT molecular complexity index is 1050. The second-order valence-electron chi connectivity index (χ2n) is 10.5. The quantitative estimate of drug-likeness (QED) is 0.108. The number of benzene rings is 2. The number of phosphoric acid groups is 1. The van der Waals surface area contributed by atoms with Crippen molar-refractivity contribution in [1.29, 1.82) is 0 Å². The van der Waals surface area contributed by atoms with Crippen LogP contribution in [0.4, 0.5) is 0 Å². The largest absolute Gasteiger partial charge is 0.584 e. The summed E-state index contributed by atoms with van der Waals surface area (Å²) >= 11 is 1.70. The van der Waals surface area contributed by atoms with E-state index in [0.29, 0.717) is 24.7 Å². The Balaban J connectivity index is 1.28. The molecular formula is C32H48NO5PS. The van der Waals surface area contributed by atoms with Crippen LogP contribution in [0, 0.1) is 0 Å². The third-order valence-electron chi connectivity index (χ3n) is 6.96. The zero-order valence-electron chi connectivity index (χ0n) is 24.2. The minimum absolute atomic E-state index is 0.237. The van der Waals surface area contributed by atoms with Crippen molar-refractivity contribution in [2.75, 3.05) is 12.5 Å². The normalized spacial score (nSPS) is 14.3. The monoisotopic (exact) mass is 589 g/mol. The molecule has 3 rings (SSSR count). The van der Waals surface area contributed by atoms with Gasteiger partial charge in [0.1, 0.15) is 17.2 Å². The molecule has 8 heteroatoms. The Morgan fingerprint density at radius 2 is 1.43 bits per heavy atom. The fourth-order valence-electron chi connectivity index (χ4n) is 4.74. The molecule has 0 amide bonds. The molecule has 6 nitrogen and oxygen atoms in total. The molecule has 0 fully saturated rings. The molecule has 1 aliphatic heterocycles. The number of para-hydroxylation sites is 1. The molecule has 2 aromatic rings. The molecule has 0 aromatic heterocycles. The molecule has 0 saturated carbocycles. The van der Waals surface area contributed by atoms with Gasteiger partial charge in [-0.3, -0.25) is 4.89 Å². The molecule has 0 bridgehead atoms. The Kier molecular flexibility index (Phi) is 15.5. The predicted molar refractivity (Wildman–Crippen MR) is 167 cm³/mol. The van der Waals surface area contributed by atoms with Gasteiger partial charge in [0.25, 0.3) is 0 Å². The first-order valence-corrected chi connectivity index (χ1v) is 17.7. The summed E-state index contributed by atoms with van der Waals surface area (Å²) in [6.07, 6.45) is 20.5. The average Bonchev–Trinajstić information content (AvgIpc) is 3.45. The number of hydrogen-bond acceptors (Lipinski definition) is 6. The highest BCUT2D eigenvalue weighted by Gasteiger charge is 2.27. The maximum absolute atomic E-state index is 12.8. The molecule has 0 aliphatic carbocycles. The first kappa shape index (κ1) is 32.4. The van der Waals surface area contributed by atoms with Crippen molar-refractivity contribution in [2.45, 2.75) is 103 Å². The van der Waals surface area contributed by atoms with Gasteiger partial charge >= 0.3 is 7.82 Å². The van der Waals surface area contributed by atoms with Crippen molar-refractivity contribution in [3.8, 4) is 17.2 Å². The van der Waals surface area contributed by atoms with E-state index in [1.165, 1.54) is 77.0 Å². The summed E-state index contributed by atoms with van der Waals surface area (Å²) in [5.74, 6) is 2.03. The van der Waals surface area contributed by atoms with Gasteiger partial charge in [-0.05, 0) is 30.0 Å². The van der Waals surface area contributed by atoms with Crippen LogP contribution in [0.15, 0.2) is 60.1 Å². The third kappa shape index (κ3) is 13.5. The van der Waals surface area contributed by atoms with Crippen molar-refractivity contribution in [2.24, 2.45) is 0 Å². The Labute approximate surface area is 246 Å². The molecule has 40 heavy (non-hydrogen) atoms. The van der Waals surface area contributed by atoms with Gasteiger partial charge in [0, 0.05) is 24.4 Å². The molecule has 1 atom stereocenters. The lowest BCUT2D eigenvalue weighted by Crippen LogP contribution is -2.13. The van der Waals surface area contributed by atoms with E-state index >= 15 is 0 Å². The molecular weight excluding hydrogens is 541 g/mol. The van der Waals surface area contributed by atoms with Crippen molar-refractivity contribution in [1.82, 2.24) is 4.90 Å². The van der Waals surface area contributed by atoms with Crippen LogP contribution in [0.1, 0.15) is 102 Å². The third-order valence-corrected chi connectivity index (χ3v) is 8.62. The number of rotatable bonds is 22. The van der Waals surface area contributed by atoms with Gasteiger partial charge in [0.05, 0.1) is 12.5 Å². The molecule has 1 heterocycles. The topological polar surface area (TPSA) is 68.2 Å². The standard InChI is InChI=1S/C32H48NO5PS/c1-2-3-4-5-6-7-8-9-10-11-12-13-14-17-24-36-30-20-18-21-31(26-30)37-39(34,35)38-32-22-16-15-19-29(32)27-33-23-25-40-28-33/h15-16,18-23,25-26H,2-14,17,24,27-28H2,1H3,(H,34,35).